The van der Waals surface area contributed by atoms with Gasteiger partial charge in [0.15, 0.2) is 0 Å². The topological polar surface area (TPSA) is 98.7 Å². The van der Waals surface area contributed by atoms with E-state index in [2.05, 4.69) is 0 Å². The van der Waals surface area contributed by atoms with Crippen LogP contribution in [0.15, 0.2) is 18.2 Å². The van der Waals surface area contributed by atoms with Crippen LogP contribution in [0, 0.1) is 0 Å². The number of anilines is 2. The highest BCUT2D eigenvalue weighted by Gasteiger charge is 2.31. The summed E-state index contributed by atoms with van der Waals surface area (Å²) in [5.41, 5.74) is 12.8. The zero-order valence-electron chi connectivity index (χ0n) is 11.5. The highest BCUT2D eigenvalue weighted by atomic mass is 16.5. The van der Waals surface area contributed by atoms with Gasteiger partial charge in [0.25, 0.3) is 0 Å². The summed E-state index contributed by atoms with van der Waals surface area (Å²) in [7, 11) is 1.32. The van der Waals surface area contributed by atoms with Crippen molar-refractivity contribution >= 4 is 23.3 Å². The van der Waals surface area contributed by atoms with Crippen molar-refractivity contribution in [1.82, 2.24) is 0 Å². The number of nitrogen functional groups attached to an aromatic ring is 1. The molecule has 6 nitrogen and oxygen atoms in total. The maximum absolute atomic E-state index is 11.9. The van der Waals surface area contributed by atoms with E-state index < -0.39 is 17.9 Å². The number of ether oxygens (including phenoxy) is 1. The van der Waals surface area contributed by atoms with Gasteiger partial charge in [0.1, 0.15) is 6.04 Å². The van der Waals surface area contributed by atoms with Gasteiger partial charge in [-0.1, -0.05) is 6.07 Å². The minimum Gasteiger partial charge on any atom is -0.465 e. The zero-order valence-corrected chi connectivity index (χ0v) is 11.5. The van der Waals surface area contributed by atoms with E-state index >= 15 is 0 Å². The van der Waals surface area contributed by atoms with E-state index in [1.165, 1.54) is 7.11 Å². The van der Waals surface area contributed by atoms with Gasteiger partial charge in [0, 0.05) is 6.54 Å². The molecule has 1 aromatic carbocycles. The van der Waals surface area contributed by atoms with Crippen LogP contribution >= 0.6 is 0 Å². The van der Waals surface area contributed by atoms with E-state index in [4.69, 9.17) is 16.2 Å². The monoisotopic (exact) mass is 277 g/mol. The summed E-state index contributed by atoms with van der Waals surface area (Å²) < 4.78 is 4.78. The number of carbonyl (C=O) groups is 2. The Kier molecular flexibility index (Phi) is 4.12. The first-order valence-electron chi connectivity index (χ1n) is 6.59. The molecule has 0 radical (unpaired) electrons. The van der Waals surface area contributed by atoms with Crippen molar-refractivity contribution in [2.45, 2.75) is 25.3 Å². The molecule has 0 aromatic heterocycles. The third-order valence-corrected chi connectivity index (χ3v) is 3.59. The normalized spacial score (nSPS) is 18.6. The quantitative estimate of drug-likeness (QED) is 0.631. The maximum atomic E-state index is 11.9. The standard InChI is InChI=1S/C14H19N3O3/c1-20-14(19)9-5-4-6-10(15)12(9)17-8-3-2-7-11(17)13(16)18/h4-6,11H,2-3,7-8,15H2,1H3,(H2,16,18). The Morgan fingerprint density at radius 3 is 2.75 bits per heavy atom. The summed E-state index contributed by atoms with van der Waals surface area (Å²) in [4.78, 5) is 25.3. The largest absolute Gasteiger partial charge is 0.465 e. The Morgan fingerprint density at radius 1 is 1.35 bits per heavy atom. The molecule has 0 spiro atoms. The number of amides is 1. The van der Waals surface area contributed by atoms with Crippen LogP contribution < -0.4 is 16.4 Å². The number of benzene rings is 1. The molecule has 0 saturated carbocycles. The van der Waals surface area contributed by atoms with E-state index in [-0.39, 0.29) is 0 Å². The van der Waals surface area contributed by atoms with Gasteiger partial charge in [0.2, 0.25) is 5.91 Å². The fraction of sp³-hybridized carbons (Fsp3) is 0.429. The molecule has 1 heterocycles. The molecule has 1 unspecified atom stereocenters. The van der Waals surface area contributed by atoms with E-state index in [1.807, 2.05) is 4.90 Å². The van der Waals surface area contributed by atoms with Gasteiger partial charge in [-0.2, -0.15) is 0 Å². The Balaban J connectivity index is 2.49. The average molecular weight is 277 g/mol. The summed E-state index contributed by atoms with van der Waals surface area (Å²) in [6, 6.07) is 4.60. The zero-order chi connectivity index (χ0) is 14.7. The first-order valence-corrected chi connectivity index (χ1v) is 6.59. The molecule has 20 heavy (non-hydrogen) atoms. The van der Waals surface area contributed by atoms with Gasteiger partial charge < -0.3 is 21.1 Å². The number of nitrogens with two attached hydrogens (primary N) is 2. The fourth-order valence-electron chi connectivity index (χ4n) is 2.65. The molecule has 6 heteroatoms. The SMILES string of the molecule is COC(=O)c1cccc(N)c1N1CCCCC1C(N)=O. The van der Waals surface area contributed by atoms with Crippen molar-refractivity contribution < 1.29 is 14.3 Å². The number of para-hydroxylation sites is 1. The number of piperidine rings is 1. The van der Waals surface area contributed by atoms with Crippen LogP contribution in [0.2, 0.25) is 0 Å². The van der Waals surface area contributed by atoms with E-state index in [9.17, 15) is 9.59 Å². The molecule has 0 aliphatic carbocycles. The highest BCUT2D eigenvalue weighted by Crippen LogP contribution is 2.33. The van der Waals surface area contributed by atoms with Gasteiger partial charge in [-0.25, -0.2) is 4.79 Å². The second kappa shape index (κ2) is 5.81. The second-order valence-electron chi connectivity index (χ2n) is 4.84. The Bertz CT molecular complexity index is 530. The Hall–Kier alpha value is -2.24. The van der Waals surface area contributed by atoms with Gasteiger partial charge in [0.05, 0.1) is 24.0 Å². The average Bonchev–Trinajstić information content (AvgIpc) is 2.46. The van der Waals surface area contributed by atoms with Crippen LogP contribution in [0.3, 0.4) is 0 Å². The molecule has 1 aliphatic heterocycles. The van der Waals surface area contributed by atoms with Crippen LogP contribution in [0.4, 0.5) is 11.4 Å². The molecule has 1 aliphatic rings. The lowest BCUT2D eigenvalue weighted by molar-refractivity contribution is -0.119. The van der Waals surface area contributed by atoms with E-state index in [1.54, 1.807) is 18.2 Å². The molecule has 1 saturated heterocycles. The molecule has 0 bridgehead atoms. The second-order valence-corrected chi connectivity index (χ2v) is 4.84. The van der Waals surface area contributed by atoms with Crippen LogP contribution in [-0.2, 0) is 9.53 Å². The van der Waals surface area contributed by atoms with Gasteiger partial charge in [-0.05, 0) is 31.4 Å². The van der Waals surface area contributed by atoms with Gasteiger partial charge >= 0.3 is 5.97 Å². The van der Waals surface area contributed by atoms with Gasteiger partial charge in [-0.3, -0.25) is 4.79 Å². The molecule has 1 atom stereocenters. The summed E-state index contributed by atoms with van der Waals surface area (Å²) >= 11 is 0. The van der Waals surface area contributed by atoms with Crippen molar-refractivity contribution in [2.75, 3.05) is 24.3 Å². The molecule has 1 fully saturated rings. The predicted octanol–water partition coefficient (Wildman–Crippen LogP) is 0.900. The third-order valence-electron chi connectivity index (χ3n) is 3.59. The fourth-order valence-corrected chi connectivity index (χ4v) is 2.65. The number of hydrogen-bond donors (Lipinski definition) is 2. The Labute approximate surface area is 117 Å². The minimum atomic E-state index is -0.471. The van der Waals surface area contributed by atoms with Crippen molar-refractivity contribution in [3.63, 3.8) is 0 Å². The van der Waals surface area contributed by atoms with Crippen LogP contribution in [0.5, 0.6) is 0 Å². The van der Waals surface area contributed by atoms with E-state index in [0.717, 1.165) is 12.8 Å². The first-order chi connectivity index (χ1) is 9.56. The van der Waals surface area contributed by atoms with Crippen LogP contribution in [0.1, 0.15) is 29.6 Å². The molecule has 2 rings (SSSR count). The van der Waals surface area contributed by atoms with Crippen LogP contribution in [-0.4, -0.2) is 31.6 Å². The maximum Gasteiger partial charge on any atom is 0.340 e. The lowest BCUT2D eigenvalue weighted by Gasteiger charge is -2.37. The number of methoxy groups -OCH3 is 1. The molecular weight excluding hydrogens is 258 g/mol. The van der Waals surface area contributed by atoms with Crippen molar-refractivity contribution in [1.29, 1.82) is 0 Å². The number of carbonyl (C=O) groups excluding carboxylic acids is 2. The lowest BCUT2D eigenvalue weighted by Crippen LogP contribution is -2.48. The predicted molar refractivity (Wildman–Crippen MR) is 76.4 cm³/mol. The molecule has 108 valence electrons. The molecule has 4 N–H and O–H groups in total. The molecular formula is C14H19N3O3. The number of hydrogen-bond acceptors (Lipinski definition) is 5. The summed E-state index contributed by atoms with van der Waals surface area (Å²) in [5, 5.41) is 0. The van der Waals surface area contributed by atoms with Crippen LogP contribution in [0.25, 0.3) is 0 Å². The van der Waals surface area contributed by atoms with Crippen molar-refractivity contribution in [3.05, 3.63) is 23.8 Å². The number of nitrogens with zero attached hydrogens (tertiary/aromatic N) is 1. The summed E-state index contributed by atoms with van der Waals surface area (Å²) in [6.45, 7) is 0.645. The highest BCUT2D eigenvalue weighted by molar-refractivity contribution is 6.00. The third kappa shape index (κ3) is 2.54. The minimum absolute atomic E-state index is 0.362. The van der Waals surface area contributed by atoms with E-state index in [0.29, 0.717) is 29.9 Å². The van der Waals surface area contributed by atoms with Crippen molar-refractivity contribution in [2.24, 2.45) is 5.73 Å². The van der Waals surface area contributed by atoms with Gasteiger partial charge in [-0.15, -0.1) is 0 Å². The molecule has 1 amide bonds. The Morgan fingerprint density at radius 2 is 2.10 bits per heavy atom. The first kappa shape index (κ1) is 14.2. The summed E-state index contributed by atoms with van der Waals surface area (Å²) in [6.07, 6.45) is 2.54. The van der Waals surface area contributed by atoms with Crippen molar-refractivity contribution in [3.8, 4) is 0 Å². The summed E-state index contributed by atoms with van der Waals surface area (Å²) in [5.74, 6) is -0.870. The number of rotatable bonds is 3. The lowest BCUT2D eigenvalue weighted by atomic mass is 9.98. The smallest absolute Gasteiger partial charge is 0.340 e. The number of esters is 1. The molecule has 1 aromatic rings. The number of primary amides is 1.